The van der Waals surface area contributed by atoms with Gasteiger partial charge in [-0.05, 0) is 18.6 Å². The largest absolute Gasteiger partial charge is 0.464 e. The van der Waals surface area contributed by atoms with Gasteiger partial charge in [-0.2, -0.15) is 4.57 Å². The first-order valence-corrected chi connectivity index (χ1v) is 4.90. The lowest BCUT2D eigenvalue weighted by atomic mass is 10.1. The number of hydrogen-bond acceptors (Lipinski definition) is 3. The molecule has 1 N–H and O–H groups in total. The first kappa shape index (κ1) is 11.1. The molecule has 0 amide bonds. The van der Waals surface area contributed by atoms with Crippen LogP contribution in [-0.2, 0) is 7.05 Å². The molecule has 0 aliphatic heterocycles. The Kier molecular flexibility index (Phi) is 2.35. The van der Waals surface area contributed by atoms with Crippen LogP contribution in [0.2, 0.25) is 0 Å². The lowest BCUT2D eigenvalue weighted by Crippen LogP contribution is -2.42. The molecule has 0 aliphatic carbocycles. The summed E-state index contributed by atoms with van der Waals surface area (Å²) in [6.45, 7) is 1.69. The highest BCUT2D eigenvalue weighted by atomic mass is 16.4. The van der Waals surface area contributed by atoms with Gasteiger partial charge in [0, 0.05) is 7.05 Å². The zero-order chi connectivity index (χ0) is 12.7. The molecule has 6 nitrogen and oxygen atoms in total. The van der Waals surface area contributed by atoms with Gasteiger partial charge in [-0.1, -0.05) is 12.1 Å². The number of benzene rings is 1. The molecule has 0 aliphatic rings. The van der Waals surface area contributed by atoms with Gasteiger partial charge in [-0.3, -0.25) is 9.36 Å². The third-order valence-electron chi connectivity index (χ3n) is 2.70. The molecule has 17 heavy (non-hydrogen) atoms. The molecule has 0 unspecified atom stereocenters. The Balaban J connectivity index is 3.19. The van der Waals surface area contributed by atoms with E-state index in [1.54, 1.807) is 25.1 Å². The van der Waals surface area contributed by atoms with Gasteiger partial charge in [0.05, 0.1) is 10.9 Å². The van der Waals surface area contributed by atoms with Crippen LogP contribution in [0.5, 0.6) is 0 Å². The predicted octanol–water partition coefficient (Wildman–Crippen LogP) is 0.535. The second-order valence-corrected chi connectivity index (χ2v) is 3.73. The maximum absolute atomic E-state index is 11.9. The number of rotatable bonds is 0. The quantitative estimate of drug-likeness (QED) is 0.721. The molecular weight excluding hydrogens is 224 g/mol. The van der Waals surface area contributed by atoms with Crippen molar-refractivity contribution in [3.63, 3.8) is 0 Å². The van der Waals surface area contributed by atoms with Crippen molar-refractivity contribution in [1.29, 1.82) is 0 Å². The summed E-state index contributed by atoms with van der Waals surface area (Å²) in [5.74, 6) is 0. The number of aryl methyl sites for hydroxylation is 2. The molecule has 2 rings (SSSR count). The maximum Gasteiger partial charge on any atom is 0.422 e. The molecular formula is C11H10N2O4. The summed E-state index contributed by atoms with van der Waals surface area (Å²) < 4.78 is 1.37. The van der Waals surface area contributed by atoms with Crippen LogP contribution in [0.15, 0.2) is 27.8 Å². The highest BCUT2D eigenvalue weighted by Gasteiger charge is 2.16. The zero-order valence-corrected chi connectivity index (χ0v) is 9.30. The lowest BCUT2D eigenvalue weighted by Gasteiger charge is -2.08. The van der Waals surface area contributed by atoms with Crippen molar-refractivity contribution in [3.8, 4) is 0 Å². The van der Waals surface area contributed by atoms with Crippen molar-refractivity contribution in [2.75, 3.05) is 0 Å². The maximum atomic E-state index is 11.9. The molecule has 1 aromatic carbocycles. The van der Waals surface area contributed by atoms with Gasteiger partial charge in [-0.25, -0.2) is 9.59 Å². The van der Waals surface area contributed by atoms with Crippen molar-refractivity contribution < 1.29 is 9.90 Å². The Labute approximate surface area is 95.3 Å². The third kappa shape index (κ3) is 1.45. The number of carboxylic acid groups (broad SMARTS) is 1. The molecule has 0 bridgehead atoms. The molecule has 6 heteroatoms. The number of nitrogens with zero attached hydrogens (tertiary/aromatic N) is 2. The van der Waals surface area contributed by atoms with Crippen LogP contribution in [-0.4, -0.2) is 20.3 Å². The van der Waals surface area contributed by atoms with Crippen molar-refractivity contribution in [3.05, 3.63) is 44.6 Å². The van der Waals surface area contributed by atoms with Crippen molar-refractivity contribution in [1.82, 2.24) is 9.13 Å². The van der Waals surface area contributed by atoms with Crippen LogP contribution in [0, 0.1) is 6.92 Å². The monoisotopic (exact) mass is 234 g/mol. The minimum atomic E-state index is -1.57. The minimum Gasteiger partial charge on any atom is -0.464 e. The SMILES string of the molecule is Cc1cccc2c1c(=O)n(C(=O)O)c(=O)n2C. The summed E-state index contributed by atoms with van der Waals surface area (Å²) in [6, 6.07) is 5.01. The van der Waals surface area contributed by atoms with Gasteiger partial charge in [0.25, 0.3) is 5.56 Å². The van der Waals surface area contributed by atoms with Gasteiger partial charge in [0.15, 0.2) is 0 Å². The van der Waals surface area contributed by atoms with E-state index in [9.17, 15) is 14.4 Å². The predicted molar refractivity (Wildman–Crippen MR) is 61.6 cm³/mol. The Morgan fingerprint density at radius 1 is 1.29 bits per heavy atom. The summed E-state index contributed by atoms with van der Waals surface area (Å²) in [5.41, 5.74) is -0.593. The van der Waals surface area contributed by atoms with E-state index in [4.69, 9.17) is 5.11 Å². The molecule has 0 fully saturated rings. The van der Waals surface area contributed by atoms with Gasteiger partial charge in [0.2, 0.25) is 0 Å². The zero-order valence-electron chi connectivity index (χ0n) is 9.30. The Morgan fingerprint density at radius 2 is 1.94 bits per heavy atom. The van der Waals surface area contributed by atoms with Crippen LogP contribution in [0.25, 0.3) is 10.9 Å². The van der Waals surface area contributed by atoms with Crippen LogP contribution < -0.4 is 11.2 Å². The fourth-order valence-electron chi connectivity index (χ4n) is 1.83. The highest BCUT2D eigenvalue weighted by molar-refractivity contribution is 5.83. The molecule has 0 saturated heterocycles. The average Bonchev–Trinajstić information content (AvgIpc) is 2.25. The first-order chi connectivity index (χ1) is 7.95. The number of fused-ring (bicyclic) bond motifs is 1. The van der Waals surface area contributed by atoms with Crippen molar-refractivity contribution in [2.45, 2.75) is 6.92 Å². The van der Waals surface area contributed by atoms with E-state index in [0.717, 1.165) is 4.57 Å². The van der Waals surface area contributed by atoms with E-state index in [1.807, 2.05) is 0 Å². The summed E-state index contributed by atoms with van der Waals surface area (Å²) in [6.07, 6.45) is -1.57. The molecule has 0 spiro atoms. The van der Waals surface area contributed by atoms with Gasteiger partial charge >= 0.3 is 11.8 Å². The van der Waals surface area contributed by atoms with E-state index in [2.05, 4.69) is 0 Å². The normalized spacial score (nSPS) is 10.7. The molecule has 0 atom stereocenters. The molecule has 1 heterocycles. The van der Waals surface area contributed by atoms with E-state index < -0.39 is 17.3 Å². The molecule has 88 valence electrons. The Bertz CT molecular complexity index is 739. The number of carbonyl (C=O) groups is 1. The third-order valence-corrected chi connectivity index (χ3v) is 2.70. The Morgan fingerprint density at radius 3 is 2.53 bits per heavy atom. The molecule has 0 saturated carbocycles. The molecule has 1 aromatic heterocycles. The van der Waals surface area contributed by atoms with Crippen LogP contribution >= 0.6 is 0 Å². The summed E-state index contributed by atoms with van der Waals surface area (Å²) in [4.78, 5) is 34.5. The van der Waals surface area contributed by atoms with Gasteiger partial charge in [-0.15, -0.1) is 0 Å². The van der Waals surface area contributed by atoms with Crippen LogP contribution in [0.3, 0.4) is 0 Å². The highest BCUT2D eigenvalue weighted by Crippen LogP contribution is 2.11. The number of hydrogen-bond donors (Lipinski definition) is 1. The van der Waals surface area contributed by atoms with Crippen LogP contribution in [0.4, 0.5) is 4.79 Å². The van der Waals surface area contributed by atoms with Crippen molar-refractivity contribution >= 4 is 17.0 Å². The first-order valence-electron chi connectivity index (χ1n) is 4.90. The minimum absolute atomic E-state index is 0.218. The molecule has 2 aromatic rings. The fraction of sp³-hybridized carbons (Fsp3) is 0.182. The summed E-state index contributed by atoms with van der Waals surface area (Å²) in [5, 5.41) is 9.12. The summed E-state index contributed by atoms with van der Waals surface area (Å²) >= 11 is 0. The second-order valence-electron chi connectivity index (χ2n) is 3.73. The topological polar surface area (TPSA) is 81.3 Å². The van der Waals surface area contributed by atoms with Gasteiger partial charge in [0.1, 0.15) is 0 Å². The van der Waals surface area contributed by atoms with Gasteiger partial charge < -0.3 is 5.11 Å². The standard InChI is InChI=1S/C11H10N2O4/c1-6-4-3-5-7-8(6)9(14)13(11(16)17)10(15)12(7)2/h3-5H,1-2H3,(H,16,17). The lowest BCUT2D eigenvalue weighted by molar-refractivity contribution is 0.193. The van der Waals surface area contributed by atoms with E-state index in [-0.39, 0.29) is 9.95 Å². The second kappa shape index (κ2) is 3.58. The smallest absolute Gasteiger partial charge is 0.422 e. The average molecular weight is 234 g/mol. The summed E-state index contributed by atoms with van der Waals surface area (Å²) in [7, 11) is 1.43. The van der Waals surface area contributed by atoms with Crippen LogP contribution in [0.1, 0.15) is 5.56 Å². The van der Waals surface area contributed by atoms with E-state index in [0.29, 0.717) is 11.1 Å². The Hall–Kier alpha value is -2.37. The van der Waals surface area contributed by atoms with E-state index in [1.165, 1.54) is 7.05 Å². The van der Waals surface area contributed by atoms with E-state index >= 15 is 0 Å². The molecule has 0 radical (unpaired) electrons. The fourth-order valence-corrected chi connectivity index (χ4v) is 1.83. The number of aromatic nitrogens is 2. The van der Waals surface area contributed by atoms with Crippen molar-refractivity contribution in [2.24, 2.45) is 7.05 Å².